The topological polar surface area (TPSA) is 6.48 Å². The third-order valence-corrected chi connectivity index (χ3v) is 10.6. The molecule has 278 valence electrons. The SMILES string of the molecule is CCc1ccc(N(c2ccccc2)c2ccc(/C=C/c3cccc(/C=C/c4ccc(N(c5ccccc5)c5ccc(CC)c(CC)c5)cc4)c3)cc2)cc1CC. The molecule has 0 aliphatic heterocycles. The van der Waals surface area contributed by atoms with Gasteiger partial charge in [-0.05, 0) is 149 Å². The summed E-state index contributed by atoms with van der Waals surface area (Å²) in [5.74, 6) is 0. The molecule has 7 aromatic rings. The van der Waals surface area contributed by atoms with Crippen molar-refractivity contribution in [3.63, 3.8) is 0 Å². The normalized spacial score (nSPS) is 11.4. The van der Waals surface area contributed by atoms with Gasteiger partial charge >= 0.3 is 0 Å². The Morgan fingerprint density at radius 3 is 1.00 bits per heavy atom. The van der Waals surface area contributed by atoms with Crippen molar-refractivity contribution in [2.24, 2.45) is 0 Å². The Morgan fingerprint density at radius 1 is 0.286 bits per heavy atom. The van der Waals surface area contributed by atoms with Gasteiger partial charge in [-0.15, -0.1) is 0 Å². The molecule has 0 aromatic heterocycles. The van der Waals surface area contributed by atoms with Crippen LogP contribution in [0, 0.1) is 0 Å². The van der Waals surface area contributed by atoms with Crippen molar-refractivity contribution in [3.05, 3.63) is 214 Å². The van der Waals surface area contributed by atoms with Crippen molar-refractivity contribution < 1.29 is 0 Å². The zero-order valence-corrected chi connectivity index (χ0v) is 33.2. The molecule has 0 spiro atoms. The third kappa shape index (κ3) is 8.94. The minimum absolute atomic E-state index is 1.02. The van der Waals surface area contributed by atoms with Gasteiger partial charge in [-0.1, -0.05) is 143 Å². The second kappa shape index (κ2) is 18.3. The van der Waals surface area contributed by atoms with Gasteiger partial charge < -0.3 is 9.80 Å². The highest BCUT2D eigenvalue weighted by Gasteiger charge is 2.15. The monoisotopic (exact) mass is 728 g/mol. The maximum Gasteiger partial charge on any atom is 0.0464 e. The summed E-state index contributed by atoms with van der Waals surface area (Å²) in [7, 11) is 0. The van der Waals surface area contributed by atoms with Crippen molar-refractivity contribution in [2.45, 2.75) is 53.4 Å². The van der Waals surface area contributed by atoms with Crippen molar-refractivity contribution in [3.8, 4) is 0 Å². The van der Waals surface area contributed by atoms with Gasteiger partial charge in [-0.3, -0.25) is 0 Å². The lowest BCUT2D eigenvalue weighted by Crippen LogP contribution is -2.10. The number of para-hydroxylation sites is 2. The molecular weight excluding hydrogens is 677 g/mol. The first kappa shape index (κ1) is 37.9. The van der Waals surface area contributed by atoms with Crippen LogP contribution in [0.3, 0.4) is 0 Å². The Bertz CT molecular complexity index is 2220. The van der Waals surface area contributed by atoms with Gasteiger partial charge in [0, 0.05) is 34.1 Å². The number of hydrogen-bond donors (Lipinski definition) is 0. The predicted molar refractivity (Wildman–Crippen MR) is 244 cm³/mol. The molecule has 7 aromatic carbocycles. The predicted octanol–water partition coefficient (Wildman–Crippen LogP) is 15.2. The molecule has 0 atom stereocenters. The van der Waals surface area contributed by atoms with E-state index in [1.54, 1.807) is 0 Å². The van der Waals surface area contributed by atoms with E-state index in [1.807, 2.05) is 0 Å². The molecule has 0 aliphatic carbocycles. The molecule has 0 bridgehead atoms. The first-order valence-corrected chi connectivity index (χ1v) is 20.2. The van der Waals surface area contributed by atoms with Crippen LogP contribution in [0.25, 0.3) is 24.3 Å². The number of nitrogens with zero attached hydrogens (tertiary/aromatic N) is 2. The van der Waals surface area contributed by atoms with E-state index in [-0.39, 0.29) is 0 Å². The van der Waals surface area contributed by atoms with Crippen LogP contribution in [-0.2, 0) is 25.7 Å². The van der Waals surface area contributed by atoms with E-state index < -0.39 is 0 Å². The highest BCUT2D eigenvalue weighted by Crippen LogP contribution is 2.37. The lowest BCUT2D eigenvalue weighted by atomic mass is 10.0. The summed E-state index contributed by atoms with van der Waals surface area (Å²) in [6.07, 6.45) is 12.9. The molecule has 2 nitrogen and oxygen atoms in total. The lowest BCUT2D eigenvalue weighted by molar-refractivity contribution is 1.03. The minimum Gasteiger partial charge on any atom is -0.310 e. The quantitative estimate of drug-likeness (QED) is 0.103. The van der Waals surface area contributed by atoms with Crippen LogP contribution in [0.15, 0.2) is 170 Å². The Kier molecular flexibility index (Phi) is 12.4. The fourth-order valence-corrected chi connectivity index (χ4v) is 7.52. The Hall–Kier alpha value is -6.38. The van der Waals surface area contributed by atoms with Gasteiger partial charge in [-0.2, -0.15) is 0 Å². The average Bonchev–Trinajstić information content (AvgIpc) is 3.26. The molecule has 0 amide bonds. The first-order valence-electron chi connectivity index (χ1n) is 20.2. The molecule has 56 heavy (non-hydrogen) atoms. The van der Waals surface area contributed by atoms with Crippen molar-refractivity contribution in [1.82, 2.24) is 0 Å². The van der Waals surface area contributed by atoms with E-state index in [4.69, 9.17) is 0 Å². The summed E-state index contributed by atoms with van der Waals surface area (Å²) in [5, 5.41) is 0. The molecule has 0 radical (unpaired) electrons. The fourth-order valence-electron chi connectivity index (χ4n) is 7.52. The van der Waals surface area contributed by atoms with Gasteiger partial charge in [-0.25, -0.2) is 0 Å². The lowest BCUT2D eigenvalue weighted by Gasteiger charge is -2.26. The van der Waals surface area contributed by atoms with E-state index >= 15 is 0 Å². The van der Waals surface area contributed by atoms with Crippen LogP contribution in [-0.4, -0.2) is 0 Å². The summed E-state index contributed by atoms with van der Waals surface area (Å²) < 4.78 is 0. The maximum absolute atomic E-state index is 2.35. The molecule has 0 unspecified atom stereocenters. The summed E-state index contributed by atoms with van der Waals surface area (Å²) in [6, 6.07) is 61.5. The van der Waals surface area contributed by atoms with Crippen LogP contribution in [0.2, 0.25) is 0 Å². The second-order valence-electron chi connectivity index (χ2n) is 14.2. The van der Waals surface area contributed by atoms with Crippen molar-refractivity contribution in [1.29, 1.82) is 0 Å². The number of aryl methyl sites for hydroxylation is 4. The Labute approximate surface area is 334 Å². The van der Waals surface area contributed by atoms with E-state index in [1.165, 1.54) is 44.8 Å². The number of anilines is 6. The largest absolute Gasteiger partial charge is 0.310 e. The van der Waals surface area contributed by atoms with E-state index in [2.05, 4.69) is 232 Å². The minimum atomic E-state index is 1.02. The second-order valence-corrected chi connectivity index (χ2v) is 14.2. The molecule has 0 fully saturated rings. The van der Waals surface area contributed by atoms with Gasteiger partial charge in [0.25, 0.3) is 0 Å². The molecule has 2 heteroatoms. The van der Waals surface area contributed by atoms with Gasteiger partial charge in [0.2, 0.25) is 0 Å². The van der Waals surface area contributed by atoms with Crippen LogP contribution >= 0.6 is 0 Å². The first-order chi connectivity index (χ1) is 27.6. The van der Waals surface area contributed by atoms with Crippen LogP contribution in [0.5, 0.6) is 0 Å². The van der Waals surface area contributed by atoms with Crippen molar-refractivity contribution >= 4 is 58.4 Å². The number of hydrogen-bond acceptors (Lipinski definition) is 2. The number of benzene rings is 7. The van der Waals surface area contributed by atoms with Gasteiger partial charge in [0.05, 0.1) is 0 Å². The summed E-state index contributed by atoms with van der Waals surface area (Å²) in [6.45, 7) is 8.95. The summed E-state index contributed by atoms with van der Waals surface area (Å²) >= 11 is 0. The summed E-state index contributed by atoms with van der Waals surface area (Å²) in [4.78, 5) is 4.70. The van der Waals surface area contributed by atoms with E-state index in [9.17, 15) is 0 Å². The molecule has 7 rings (SSSR count). The standard InChI is InChI=1S/C54H52N2/c1-5-45-30-36-53(39-47(45)7-3)55(49-18-11-9-12-19-49)51-32-26-41(27-33-51)22-24-43-16-15-17-44(38-43)25-23-42-28-34-52(35-29-42)56(50-20-13-10-14-21-50)54-37-31-46(6-2)48(8-4)40-54/h9-40H,5-8H2,1-4H3/b24-22+,25-23+. The molecule has 0 saturated heterocycles. The average molecular weight is 729 g/mol. The van der Waals surface area contributed by atoms with Crippen LogP contribution in [0.1, 0.15) is 72.2 Å². The Morgan fingerprint density at radius 2 is 0.625 bits per heavy atom. The van der Waals surface area contributed by atoms with E-state index in [0.717, 1.165) is 59.6 Å². The molecule has 0 N–H and O–H groups in total. The molecule has 0 saturated carbocycles. The van der Waals surface area contributed by atoms with Crippen molar-refractivity contribution in [2.75, 3.05) is 9.80 Å². The smallest absolute Gasteiger partial charge is 0.0464 e. The molecule has 0 heterocycles. The number of rotatable bonds is 14. The van der Waals surface area contributed by atoms with Crippen LogP contribution in [0.4, 0.5) is 34.1 Å². The molecule has 0 aliphatic rings. The summed E-state index contributed by atoms with van der Waals surface area (Å²) in [5.41, 5.74) is 17.3. The van der Waals surface area contributed by atoms with Gasteiger partial charge in [0.1, 0.15) is 0 Å². The van der Waals surface area contributed by atoms with Crippen LogP contribution < -0.4 is 9.80 Å². The third-order valence-electron chi connectivity index (χ3n) is 10.6. The van der Waals surface area contributed by atoms with E-state index in [0.29, 0.717) is 0 Å². The maximum atomic E-state index is 2.35. The zero-order chi connectivity index (χ0) is 38.7. The zero-order valence-electron chi connectivity index (χ0n) is 33.2. The fraction of sp³-hybridized carbons (Fsp3) is 0.148. The van der Waals surface area contributed by atoms with Gasteiger partial charge in [0.15, 0.2) is 0 Å². The molecular formula is C54H52N2. The highest BCUT2D eigenvalue weighted by molar-refractivity contribution is 5.81. The highest BCUT2D eigenvalue weighted by atomic mass is 15.1. The Balaban J connectivity index is 1.07.